The van der Waals surface area contributed by atoms with Gasteiger partial charge in [-0.3, -0.25) is 0 Å². The van der Waals surface area contributed by atoms with Crippen LogP contribution in [0.25, 0.3) is 0 Å². The zero-order valence-corrected chi connectivity index (χ0v) is 20.8. The highest BCUT2D eigenvalue weighted by molar-refractivity contribution is 5.82. The molecule has 186 valence electrons. The van der Waals surface area contributed by atoms with Crippen molar-refractivity contribution in [3.05, 3.63) is 60.8 Å². The van der Waals surface area contributed by atoms with Crippen LogP contribution in [0.15, 0.2) is 60.8 Å². The standard InChI is InChI=1S/C30H42O4/c1-22-8-5-10-27-11-6-12-28(33-27)13-7-14-30(31)34-29(21-25-20-24(25)17-15-22)23(2)16-18-26-9-3-4-19-32-26/h3-4,6-7,12,14,16,18,23-29H,1,5,8-11,13,15,17,19-21H2,2H3/b14-7-,18-16+. The maximum atomic E-state index is 12.7. The molecular formula is C30H42O4. The fraction of sp³-hybridized carbons (Fsp3) is 0.633. The average molecular weight is 467 g/mol. The molecule has 4 nitrogen and oxygen atoms in total. The third-order valence-electron chi connectivity index (χ3n) is 7.69. The summed E-state index contributed by atoms with van der Waals surface area (Å²) in [4.78, 5) is 12.7. The fourth-order valence-corrected chi connectivity index (χ4v) is 5.36. The molecule has 0 saturated heterocycles. The van der Waals surface area contributed by atoms with Crippen LogP contribution in [0.5, 0.6) is 0 Å². The molecule has 34 heavy (non-hydrogen) atoms. The van der Waals surface area contributed by atoms with Gasteiger partial charge in [-0.15, -0.1) is 0 Å². The minimum atomic E-state index is -0.245. The number of cyclic esters (lactones) is 1. The van der Waals surface area contributed by atoms with Gasteiger partial charge in [0.2, 0.25) is 0 Å². The predicted octanol–water partition coefficient (Wildman–Crippen LogP) is 6.64. The lowest BCUT2D eigenvalue weighted by Crippen LogP contribution is -2.25. The van der Waals surface area contributed by atoms with Gasteiger partial charge in [0.1, 0.15) is 6.10 Å². The summed E-state index contributed by atoms with van der Waals surface area (Å²) < 4.78 is 18.0. The monoisotopic (exact) mass is 466 g/mol. The summed E-state index contributed by atoms with van der Waals surface area (Å²) in [5, 5.41) is 0. The Morgan fingerprint density at radius 2 is 1.94 bits per heavy atom. The van der Waals surface area contributed by atoms with Gasteiger partial charge in [-0.1, -0.05) is 61.6 Å². The molecule has 7 atom stereocenters. The second-order valence-electron chi connectivity index (χ2n) is 10.6. The van der Waals surface area contributed by atoms with Gasteiger partial charge in [0.15, 0.2) is 0 Å². The Balaban J connectivity index is 1.40. The Labute approximate surface area is 205 Å². The second kappa shape index (κ2) is 12.7. The predicted molar refractivity (Wildman–Crippen MR) is 136 cm³/mol. The summed E-state index contributed by atoms with van der Waals surface area (Å²) in [6, 6.07) is 0. The van der Waals surface area contributed by atoms with Crippen molar-refractivity contribution in [1.82, 2.24) is 0 Å². The van der Waals surface area contributed by atoms with Crippen molar-refractivity contribution in [2.24, 2.45) is 17.8 Å². The quantitative estimate of drug-likeness (QED) is 0.345. The molecule has 0 N–H and O–H groups in total. The number of fused-ring (bicyclic) bond motifs is 3. The van der Waals surface area contributed by atoms with E-state index in [2.05, 4.69) is 50.0 Å². The van der Waals surface area contributed by atoms with Crippen molar-refractivity contribution >= 4 is 5.97 Å². The van der Waals surface area contributed by atoms with E-state index in [0.29, 0.717) is 18.9 Å². The molecular weight excluding hydrogens is 424 g/mol. The Bertz CT molecular complexity index is 807. The lowest BCUT2D eigenvalue weighted by Gasteiger charge is -2.25. The highest BCUT2D eigenvalue weighted by Gasteiger charge is 2.39. The van der Waals surface area contributed by atoms with Gasteiger partial charge in [0, 0.05) is 12.0 Å². The van der Waals surface area contributed by atoms with E-state index in [9.17, 15) is 4.79 Å². The molecule has 2 bridgehead atoms. The number of allylic oxidation sites excluding steroid dienone is 1. The first-order chi connectivity index (χ1) is 16.6. The third kappa shape index (κ3) is 8.09. The van der Waals surface area contributed by atoms with Gasteiger partial charge in [-0.25, -0.2) is 4.79 Å². The molecule has 4 rings (SSSR count). The summed E-state index contributed by atoms with van der Waals surface area (Å²) in [7, 11) is 0. The molecule has 7 unspecified atom stereocenters. The van der Waals surface area contributed by atoms with Crippen molar-refractivity contribution in [1.29, 1.82) is 0 Å². The summed E-state index contributed by atoms with van der Waals surface area (Å²) in [6.07, 6.45) is 27.1. The van der Waals surface area contributed by atoms with Gasteiger partial charge in [0.25, 0.3) is 0 Å². The van der Waals surface area contributed by atoms with Gasteiger partial charge in [0.05, 0.1) is 24.9 Å². The first-order valence-corrected chi connectivity index (χ1v) is 13.4. The van der Waals surface area contributed by atoms with Crippen molar-refractivity contribution in [2.75, 3.05) is 6.61 Å². The first-order valence-electron chi connectivity index (χ1n) is 13.4. The SMILES string of the molecule is C=C1CCCC2CC=CC(C/C=C\C(=O)OC(C(C)/C=C/C3CC=CCO3)CC3CC3CC1)O2. The van der Waals surface area contributed by atoms with Crippen LogP contribution in [0, 0.1) is 17.8 Å². The highest BCUT2D eigenvalue weighted by Crippen LogP contribution is 2.47. The van der Waals surface area contributed by atoms with Crippen LogP contribution in [0.3, 0.4) is 0 Å². The highest BCUT2D eigenvalue weighted by atomic mass is 16.5. The molecule has 0 aromatic heterocycles. The maximum absolute atomic E-state index is 12.7. The van der Waals surface area contributed by atoms with Crippen molar-refractivity contribution in [3.8, 4) is 0 Å². The molecule has 3 aliphatic heterocycles. The van der Waals surface area contributed by atoms with Crippen LogP contribution < -0.4 is 0 Å². The Morgan fingerprint density at radius 1 is 1.03 bits per heavy atom. The van der Waals surface area contributed by atoms with Crippen LogP contribution in [0.2, 0.25) is 0 Å². The summed E-state index contributed by atoms with van der Waals surface area (Å²) >= 11 is 0. The van der Waals surface area contributed by atoms with E-state index in [0.717, 1.165) is 50.9 Å². The van der Waals surface area contributed by atoms with E-state index in [1.807, 2.05) is 6.08 Å². The Kier molecular flexibility index (Phi) is 9.41. The van der Waals surface area contributed by atoms with Crippen LogP contribution >= 0.6 is 0 Å². The van der Waals surface area contributed by atoms with E-state index in [1.165, 1.54) is 18.4 Å². The average Bonchev–Trinajstić information content (AvgIpc) is 3.59. The zero-order valence-electron chi connectivity index (χ0n) is 20.8. The van der Waals surface area contributed by atoms with E-state index in [-0.39, 0.29) is 36.3 Å². The Hall–Kier alpha value is -1.91. The van der Waals surface area contributed by atoms with Crippen LogP contribution in [0.4, 0.5) is 0 Å². The summed E-state index contributed by atoms with van der Waals surface area (Å²) in [5.41, 5.74) is 1.37. The molecule has 4 aliphatic rings. The van der Waals surface area contributed by atoms with Crippen molar-refractivity contribution < 1.29 is 19.0 Å². The van der Waals surface area contributed by atoms with E-state index < -0.39 is 0 Å². The van der Waals surface area contributed by atoms with Gasteiger partial charge >= 0.3 is 5.97 Å². The number of carbonyl (C=O) groups is 1. The smallest absolute Gasteiger partial charge is 0.330 e. The molecule has 1 aliphatic carbocycles. The topological polar surface area (TPSA) is 44.8 Å². The summed E-state index contributed by atoms with van der Waals surface area (Å²) in [5.74, 6) is 1.29. The number of carbonyl (C=O) groups excluding carboxylic acids is 1. The normalized spacial score (nSPS) is 37.3. The van der Waals surface area contributed by atoms with E-state index in [1.54, 1.807) is 6.08 Å². The van der Waals surface area contributed by atoms with E-state index >= 15 is 0 Å². The molecule has 3 heterocycles. The van der Waals surface area contributed by atoms with Gasteiger partial charge in [-0.2, -0.15) is 0 Å². The number of hydrogen-bond acceptors (Lipinski definition) is 4. The van der Waals surface area contributed by atoms with Gasteiger partial charge < -0.3 is 14.2 Å². The molecule has 0 amide bonds. The minimum Gasteiger partial charge on any atom is -0.459 e. The maximum Gasteiger partial charge on any atom is 0.330 e. The molecule has 0 radical (unpaired) electrons. The lowest BCUT2D eigenvalue weighted by molar-refractivity contribution is -0.145. The zero-order chi connectivity index (χ0) is 23.8. The number of ether oxygens (including phenoxy) is 3. The first kappa shape index (κ1) is 25.2. The van der Waals surface area contributed by atoms with Crippen molar-refractivity contribution in [3.63, 3.8) is 0 Å². The van der Waals surface area contributed by atoms with Gasteiger partial charge in [-0.05, 0) is 76.0 Å². The molecule has 0 spiro atoms. The van der Waals surface area contributed by atoms with Crippen molar-refractivity contribution in [2.45, 2.75) is 95.5 Å². The minimum absolute atomic E-state index is 0.0410. The molecule has 1 fully saturated rings. The molecule has 0 aromatic carbocycles. The molecule has 4 heteroatoms. The third-order valence-corrected chi connectivity index (χ3v) is 7.69. The lowest BCUT2D eigenvalue weighted by atomic mass is 9.95. The van der Waals surface area contributed by atoms with Crippen LogP contribution in [0.1, 0.15) is 71.1 Å². The fourth-order valence-electron chi connectivity index (χ4n) is 5.36. The molecule has 1 saturated carbocycles. The second-order valence-corrected chi connectivity index (χ2v) is 10.6. The van der Waals surface area contributed by atoms with Crippen LogP contribution in [-0.2, 0) is 19.0 Å². The number of esters is 1. The summed E-state index contributed by atoms with van der Waals surface area (Å²) in [6.45, 7) is 7.17. The number of rotatable bonds is 3. The molecule has 0 aromatic rings. The largest absolute Gasteiger partial charge is 0.459 e. The van der Waals surface area contributed by atoms with Crippen LogP contribution in [-0.4, -0.2) is 37.0 Å². The number of hydrogen-bond donors (Lipinski definition) is 0. The Morgan fingerprint density at radius 3 is 2.79 bits per heavy atom. The van der Waals surface area contributed by atoms with E-state index in [4.69, 9.17) is 14.2 Å².